The third-order valence-electron chi connectivity index (χ3n) is 4.97. The molecular formula is C19H23ClN4O2. The summed E-state index contributed by atoms with van der Waals surface area (Å²) >= 11 is 5.99. The van der Waals surface area contributed by atoms with Gasteiger partial charge in [-0.25, -0.2) is 4.98 Å². The van der Waals surface area contributed by atoms with E-state index >= 15 is 0 Å². The first-order chi connectivity index (χ1) is 12.3. The number of likely N-dealkylation sites (N-methyl/N-ethyl adjacent to an activating group) is 1. The first-order valence-electron chi connectivity index (χ1n) is 8.67. The molecule has 0 bridgehead atoms. The monoisotopic (exact) mass is 374 g/mol. The second-order valence-corrected chi connectivity index (χ2v) is 7.35. The van der Waals surface area contributed by atoms with Crippen molar-refractivity contribution >= 4 is 23.2 Å². The molecule has 1 aliphatic heterocycles. The molecule has 6 nitrogen and oxygen atoms in total. The van der Waals surface area contributed by atoms with Crippen LogP contribution in [0.3, 0.4) is 0 Å². The number of aromatic nitrogens is 2. The van der Waals surface area contributed by atoms with Crippen molar-refractivity contribution < 1.29 is 9.90 Å². The average molecular weight is 375 g/mol. The Morgan fingerprint density at radius 2 is 2.00 bits per heavy atom. The lowest BCUT2D eigenvalue weighted by Gasteiger charge is -2.33. The van der Waals surface area contributed by atoms with Gasteiger partial charge in [-0.15, -0.1) is 0 Å². The van der Waals surface area contributed by atoms with Gasteiger partial charge in [-0.2, -0.15) is 0 Å². The van der Waals surface area contributed by atoms with Crippen LogP contribution >= 0.6 is 11.6 Å². The number of anilines is 1. The highest BCUT2D eigenvalue weighted by Gasteiger charge is 2.29. The highest BCUT2D eigenvalue weighted by atomic mass is 35.5. The maximum Gasteiger partial charge on any atom is 0.241 e. The molecule has 0 aromatic carbocycles. The van der Waals surface area contributed by atoms with E-state index in [1.54, 1.807) is 17.2 Å². The van der Waals surface area contributed by atoms with E-state index in [0.717, 1.165) is 24.5 Å². The first kappa shape index (κ1) is 18.6. The van der Waals surface area contributed by atoms with Gasteiger partial charge in [0.1, 0.15) is 10.9 Å². The van der Waals surface area contributed by atoms with Crippen LogP contribution < -0.4 is 4.90 Å². The molecule has 138 valence electrons. The lowest BCUT2D eigenvalue weighted by molar-refractivity contribution is -0.121. The van der Waals surface area contributed by atoms with Crippen molar-refractivity contribution in [1.82, 2.24) is 14.9 Å². The molecule has 0 radical (unpaired) electrons. The van der Waals surface area contributed by atoms with Crippen LogP contribution in [0.1, 0.15) is 32.0 Å². The minimum atomic E-state index is -0.555. The second kappa shape index (κ2) is 7.21. The molecule has 7 heteroatoms. The fraction of sp³-hybridized carbons (Fsp3) is 0.421. The lowest BCUT2D eigenvalue weighted by atomic mass is 9.81. The molecule has 0 atom stereocenters. The molecule has 0 spiro atoms. The van der Waals surface area contributed by atoms with Crippen LogP contribution in [0.15, 0.2) is 30.6 Å². The summed E-state index contributed by atoms with van der Waals surface area (Å²) in [4.78, 5) is 24.7. The average Bonchev–Trinajstić information content (AvgIpc) is 2.63. The molecule has 2 aromatic rings. The van der Waals surface area contributed by atoms with Gasteiger partial charge in [0.15, 0.2) is 0 Å². The fourth-order valence-corrected chi connectivity index (χ4v) is 3.40. The highest BCUT2D eigenvalue weighted by Crippen LogP contribution is 2.37. The summed E-state index contributed by atoms with van der Waals surface area (Å²) in [5, 5.41) is 10.5. The highest BCUT2D eigenvalue weighted by molar-refractivity contribution is 6.29. The van der Waals surface area contributed by atoms with Gasteiger partial charge in [-0.05, 0) is 24.7 Å². The third kappa shape index (κ3) is 3.52. The zero-order chi connectivity index (χ0) is 18.9. The van der Waals surface area contributed by atoms with E-state index in [-0.39, 0.29) is 11.7 Å². The number of pyridine rings is 2. The summed E-state index contributed by atoms with van der Waals surface area (Å²) < 4.78 is 0. The van der Waals surface area contributed by atoms with Crippen LogP contribution in [-0.2, 0) is 10.2 Å². The van der Waals surface area contributed by atoms with Crippen LogP contribution in [-0.4, -0.2) is 52.1 Å². The van der Waals surface area contributed by atoms with Crippen molar-refractivity contribution in [2.45, 2.75) is 26.2 Å². The van der Waals surface area contributed by atoms with Gasteiger partial charge in [0.05, 0.1) is 30.3 Å². The van der Waals surface area contributed by atoms with E-state index < -0.39 is 5.41 Å². The topological polar surface area (TPSA) is 69.6 Å². The maximum absolute atomic E-state index is 12.4. The van der Waals surface area contributed by atoms with Crippen molar-refractivity contribution in [3.8, 4) is 5.75 Å². The van der Waals surface area contributed by atoms with Crippen LogP contribution in [0, 0.1) is 0 Å². The zero-order valence-corrected chi connectivity index (χ0v) is 16.0. The number of amides is 1. The summed E-state index contributed by atoms with van der Waals surface area (Å²) in [6, 6.07) is 5.45. The van der Waals surface area contributed by atoms with E-state index in [1.807, 2.05) is 26.0 Å². The summed E-state index contributed by atoms with van der Waals surface area (Å²) in [6.07, 6.45) is 3.07. The molecule has 3 heterocycles. The molecule has 1 fully saturated rings. The molecule has 0 unspecified atom stereocenters. The Hall–Kier alpha value is -2.18. The molecule has 3 rings (SSSR count). The number of rotatable bonds is 4. The predicted octanol–water partition coefficient (Wildman–Crippen LogP) is 2.83. The van der Waals surface area contributed by atoms with Crippen LogP contribution in [0.4, 0.5) is 5.69 Å². The van der Waals surface area contributed by atoms with Crippen LogP contribution in [0.5, 0.6) is 5.75 Å². The van der Waals surface area contributed by atoms with Gasteiger partial charge in [0.25, 0.3) is 0 Å². The van der Waals surface area contributed by atoms with Crippen molar-refractivity contribution in [1.29, 1.82) is 0 Å². The standard InChI is InChI=1S/C19H23ClN4O2/c1-4-23-7-8-24(18(26)12-23)13-5-6-16(21-10-13)19(2,3)14-9-17(20)22-11-15(14)25/h5-6,9-11,25H,4,7-8,12H2,1-3H3. The summed E-state index contributed by atoms with van der Waals surface area (Å²) in [5.41, 5.74) is 1.67. The smallest absolute Gasteiger partial charge is 0.241 e. The molecule has 1 N–H and O–H groups in total. The van der Waals surface area contributed by atoms with Gasteiger partial charge in [0, 0.05) is 24.1 Å². The van der Waals surface area contributed by atoms with E-state index in [0.29, 0.717) is 23.8 Å². The summed E-state index contributed by atoms with van der Waals surface area (Å²) in [5.74, 6) is 0.168. The third-order valence-corrected chi connectivity index (χ3v) is 5.18. The van der Waals surface area contributed by atoms with Crippen LogP contribution in [0.2, 0.25) is 5.15 Å². The number of carbonyl (C=O) groups excluding carboxylic acids is 1. The number of nitrogens with zero attached hydrogens (tertiary/aromatic N) is 4. The second-order valence-electron chi connectivity index (χ2n) is 6.96. The number of hydrogen-bond acceptors (Lipinski definition) is 5. The molecule has 1 saturated heterocycles. The Labute approximate surface area is 158 Å². The van der Waals surface area contributed by atoms with Gasteiger partial charge < -0.3 is 10.0 Å². The van der Waals surface area contributed by atoms with E-state index in [2.05, 4.69) is 21.8 Å². The predicted molar refractivity (Wildman–Crippen MR) is 102 cm³/mol. The Bertz CT molecular complexity index is 808. The number of hydrogen-bond donors (Lipinski definition) is 1. The Kier molecular flexibility index (Phi) is 5.16. The number of carbonyl (C=O) groups is 1. The fourth-order valence-electron chi connectivity index (χ4n) is 3.24. The molecule has 2 aromatic heterocycles. The first-order valence-corrected chi connectivity index (χ1v) is 9.05. The minimum absolute atomic E-state index is 0.0798. The Morgan fingerprint density at radius 1 is 1.23 bits per heavy atom. The van der Waals surface area contributed by atoms with E-state index in [9.17, 15) is 9.90 Å². The Morgan fingerprint density at radius 3 is 2.62 bits per heavy atom. The largest absolute Gasteiger partial charge is 0.506 e. The van der Waals surface area contributed by atoms with Crippen molar-refractivity contribution in [2.75, 3.05) is 31.1 Å². The van der Waals surface area contributed by atoms with Crippen molar-refractivity contribution in [3.63, 3.8) is 0 Å². The van der Waals surface area contributed by atoms with Gasteiger partial charge in [-0.1, -0.05) is 32.4 Å². The molecule has 26 heavy (non-hydrogen) atoms. The SMILES string of the molecule is CCN1CCN(c2ccc(C(C)(C)c3cc(Cl)ncc3O)nc2)C(=O)C1. The molecular weight excluding hydrogens is 352 g/mol. The van der Waals surface area contributed by atoms with Gasteiger partial charge in [0.2, 0.25) is 5.91 Å². The molecule has 0 aliphatic carbocycles. The molecule has 1 aliphatic rings. The number of halogens is 1. The molecule has 0 saturated carbocycles. The van der Waals surface area contributed by atoms with Crippen molar-refractivity contribution in [3.05, 3.63) is 47.0 Å². The van der Waals surface area contributed by atoms with Crippen LogP contribution in [0.25, 0.3) is 0 Å². The normalized spacial score (nSPS) is 16.2. The molecule has 1 amide bonds. The minimum Gasteiger partial charge on any atom is -0.506 e. The maximum atomic E-state index is 12.4. The lowest BCUT2D eigenvalue weighted by Crippen LogP contribution is -2.50. The summed E-state index contributed by atoms with van der Waals surface area (Å²) in [7, 11) is 0. The quantitative estimate of drug-likeness (QED) is 0.833. The van der Waals surface area contributed by atoms with Gasteiger partial charge >= 0.3 is 0 Å². The van der Waals surface area contributed by atoms with E-state index in [1.165, 1.54) is 6.20 Å². The number of aromatic hydroxyl groups is 1. The van der Waals surface area contributed by atoms with E-state index in [4.69, 9.17) is 11.6 Å². The zero-order valence-electron chi connectivity index (χ0n) is 15.2. The Balaban J connectivity index is 1.85. The van der Waals surface area contributed by atoms with Gasteiger partial charge in [-0.3, -0.25) is 14.7 Å². The van der Waals surface area contributed by atoms with Crippen molar-refractivity contribution in [2.24, 2.45) is 0 Å². The number of piperazine rings is 1. The summed E-state index contributed by atoms with van der Waals surface area (Å²) in [6.45, 7) is 8.83.